The molecule has 0 radical (unpaired) electrons. The molecule has 1 heterocycles. The lowest BCUT2D eigenvalue weighted by atomic mass is 10.1. The van der Waals surface area contributed by atoms with Gasteiger partial charge in [-0.05, 0) is 26.0 Å². The fourth-order valence-electron chi connectivity index (χ4n) is 2.39. The smallest absolute Gasteiger partial charge is 0.258 e. The monoisotopic (exact) mass is 294 g/mol. The zero-order valence-corrected chi connectivity index (χ0v) is 12.4. The summed E-state index contributed by atoms with van der Waals surface area (Å²) in [6.45, 7) is 4.86. The van der Waals surface area contributed by atoms with Gasteiger partial charge in [0.25, 0.3) is 5.91 Å². The Hall–Kier alpha value is -1.79. The summed E-state index contributed by atoms with van der Waals surface area (Å²) in [6, 6.07) is 5.09. The second-order valence-electron chi connectivity index (χ2n) is 5.10. The first-order valence-corrected chi connectivity index (χ1v) is 7.13. The molecule has 0 saturated carbocycles. The van der Waals surface area contributed by atoms with Crippen molar-refractivity contribution in [3.05, 3.63) is 23.8 Å². The molecule has 1 saturated heterocycles. The van der Waals surface area contributed by atoms with Crippen molar-refractivity contribution in [2.45, 2.75) is 26.0 Å². The number of nitrogens with two attached hydrogens (primary N) is 1. The standard InChI is InChI=1S/C15H22N2O4/c1-3-20-14-12(5-4-6-13(14)16)15(19)17-7-11(8-18)21-9-10(17)2/h4-6,10-11,18H,3,7-9,16H2,1-2H3. The Morgan fingerprint density at radius 1 is 1.57 bits per heavy atom. The highest BCUT2D eigenvalue weighted by atomic mass is 16.5. The third kappa shape index (κ3) is 3.28. The van der Waals surface area contributed by atoms with Crippen molar-refractivity contribution < 1.29 is 19.4 Å². The Morgan fingerprint density at radius 2 is 2.33 bits per heavy atom. The van der Waals surface area contributed by atoms with Crippen LogP contribution in [-0.2, 0) is 4.74 Å². The molecule has 0 aromatic heterocycles. The zero-order chi connectivity index (χ0) is 15.4. The van der Waals surface area contributed by atoms with E-state index in [0.717, 1.165) is 0 Å². The van der Waals surface area contributed by atoms with E-state index in [-0.39, 0.29) is 24.7 Å². The lowest BCUT2D eigenvalue weighted by Gasteiger charge is -2.37. The van der Waals surface area contributed by atoms with E-state index >= 15 is 0 Å². The summed E-state index contributed by atoms with van der Waals surface area (Å²) in [7, 11) is 0. The molecule has 1 aromatic carbocycles. The summed E-state index contributed by atoms with van der Waals surface area (Å²) in [5, 5.41) is 9.22. The molecule has 0 aliphatic carbocycles. The van der Waals surface area contributed by atoms with E-state index in [0.29, 0.717) is 36.8 Å². The first-order chi connectivity index (χ1) is 10.1. The van der Waals surface area contributed by atoms with Gasteiger partial charge in [-0.1, -0.05) is 6.07 Å². The highest BCUT2D eigenvalue weighted by Crippen LogP contribution is 2.28. The van der Waals surface area contributed by atoms with Crippen molar-refractivity contribution in [3.63, 3.8) is 0 Å². The van der Waals surface area contributed by atoms with Crippen molar-refractivity contribution in [2.75, 3.05) is 32.1 Å². The predicted octanol–water partition coefficient (Wildman–Crippen LogP) is 0.889. The van der Waals surface area contributed by atoms with Crippen LogP contribution in [0.3, 0.4) is 0 Å². The Bertz CT molecular complexity index is 506. The molecule has 2 rings (SSSR count). The Balaban J connectivity index is 2.28. The minimum atomic E-state index is -0.346. The van der Waals surface area contributed by atoms with Crippen molar-refractivity contribution in [1.29, 1.82) is 0 Å². The summed E-state index contributed by atoms with van der Waals surface area (Å²) in [4.78, 5) is 14.5. The minimum absolute atomic E-state index is 0.0591. The van der Waals surface area contributed by atoms with Gasteiger partial charge in [0.1, 0.15) is 0 Å². The second-order valence-corrected chi connectivity index (χ2v) is 5.10. The largest absolute Gasteiger partial charge is 0.491 e. The van der Waals surface area contributed by atoms with Crippen molar-refractivity contribution in [1.82, 2.24) is 4.90 Å². The van der Waals surface area contributed by atoms with E-state index in [2.05, 4.69) is 0 Å². The molecule has 3 N–H and O–H groups in total. The van der Waals surface area contributed by atoms with E-state index in [4.69, 9.17) is 15.2 Å². The molecule has 2 atom stereocenters. The van der Waals surface area contributed by atoms with Crippen LogP contribution in [0.2, 0.25) is 0 Å². The number of carbonyl (C=O) groups excluding carboxylic acids is 1. The number of para-hydroxylation sites is 1. The Morgan fingerprint density at radius 3 is 3.00 bits per heavy atom. The van der Waals surface area contributed by atoms with Gasteiger partial charge in [0.05, 0.1) is 43.2 Å². The van der Waals surface area contributed by atoms with Crippen LogP contribution in [0.25, 0.3) is 0 Å². The molecule has 6 heteroatoms. The van der Waals surface area contributed by atoms with Crippen molar-refractivity contribution >= 4 is 11.6 Å². The summed E-state index contributed by atoms with van der Waals surface area (Å²) in [5.74, 6) is 0.268. The average Bonchev–Trinajstić information content (AvgIpc) is 2.49. The first-order valence-electron chi connectivity index (χ1n) is 7.13. The van der Waals surface area contributed by atoms with Gasteiger partial charge in [-0.3, -0.25) is 4.79 Å². The summed E-state index contributed by atoms with van der Waals surface area (Å²) < 4.78 is 11.0. The number of rotatable bonds is 4. The van der Waals surface area contributed by atoms with Crippen LogP contribution in [0.4, 0.5) is 5.69 Å². The van der Waals surface area contributed by atoms with Crippen LogP contribution in [0, 0.1) is 0 Å². The number of ether oxygens (including phenoxy) is 2. The number of hydrogen-bond acceptors (Lipinski definition) is 5. The van der Waals surface area contributed by atoms with Gasteiger partial charge in [-0.15, -0.1) is 0 Å². The lowest BCUT2D eigenvalue weighted by Crippen LogP contribution is -2.52. The van der Waals surface area contributed by atoms with Crippen LogP contribution in [0.15, 0.2) is 18.2 Å². The fourth-order valence-corrected chi connectivity index (χ4v) is 2.39. The molecule has 1 amide bonds. The molecular weight excluding hydrogens is 272 g/mol. The average molecular weight is 294 g/mol. The first kappa shape index (κ1) is 15.6. The number of benzene rings is 1. The molecule has 2 unspecified atom stereocenters. The Labute approximate surface area is 124 Å². The van der Waals surface area contributed by atoms with E-state index in [1.807, 2.05) is 13.8 Å². The third-order valence-corrected chi connectivity index (χ3v) is 3.53. The number of hydrogen-bond donors (Lipinski definition) is 2. The molecule has 1 aliphatic rings. The van der Waals surface area contributed by atoms with E-state index in [1.165, 1.54) is 0 Å². The van der Waals surface area contributed by atoms with Crippen LogP contribution in [0.1, 0.15) is 24.2 Å². The summed E-state index contributed by atoms with van der Waals surface area (Å²) in [6.07, 6.45) is -0.346. The number of aliphatic hydroxyl groups excluding tert-OH is 1. The molecule has 6 nitrogen and oxygen atoms in total. The van der Waals surface area contributed by atoms with E-state index < -0.39 is 0 Å². The predicted molar refractivity (Wildman–Crippen MR) is 79.3 cm³/mol. The maximum Gasteiger partial charge on any atom is 0.258 e. The van der Waals surface area contributed by atoms with Crippen LogP contribution in [0.5, 0.6) is 5.75 Å². The normalized spacial score (nSPS) is 22.1. The molecule has 1 aliphatic heterocycles. The lowest BCUT2D eigenvalue weighted by molar-refractivity contribution is -0.0668. The second kappa shape index (κ2) is 6.78. The van der Waals surface area contributed by atoms with Gasteiger partial charge in [0.2, 0.25) is 0 Å². The Kier molecular flexibility index (Phi) is 5.03. The van der Waals surface area contributed by atoms with E-state index in [9.17, 15) is 9.90 Å². The quantitative estimate of drug-likeness (QED) is 0.806. The highest BCUT2D eigenvalue weighted by molar-refractivity contribution is 5.98. The molecule has 1 aromatic rings. The minimum Gasteiger partial charge on any atom is -0.491 e. The topological polar surface area (TPSA) is 85.0 Å². The summed E-state index contributed by atoms with van der Waals surface area (Å²) >= 11 is 0. The maximum absolute atomic E-state index is 12.8. The molecule has 0 bridgehead atoms. The highest BCUT2D eigenvalue weighted by Gasteiger charge is 2.31. The van der Waals surface area contributed by atoms with Gasteiger partial charge in [0.15, 0.2) is 5.75 Å². The SMILES string of the molecule is CCOc1c(N)cccc1C(=O)N1CC(CO)OCC1C. The molecule has 0 spiro atoms. The number of morpholine rings is 1. The number of anilines is 1. The number of nitrogen functional groups attached to an aromatic ring is 1. The maximum atomic E-state index is 12.8. The number of carbonyl (C=O) groups is 1. The molecule has 116 valence electrons. The molecule has 21 heavy (non-hydrogen) atoms. The van der Waals surface area contributed by atoms with Crippen molar-refractivity contribution in [3.8, 4) is 5.75 Å². The van der Waals surface area contributed by atoms with Gasteiger partial charge >= 0.3 is 0 Å². The fraction of sp³-hybridized carbons (Fsp3) is 0.533. The van der Waals surface area contributed by atoms with Crippen LogP contribution >= 0.6 is 0 Å². The van der Waals surface area contributed by atoms with Gasteiger partial charge in [-0.25, -0.2) is 0 Å². The van der Waals surface area contributed by atoms with Gasteiger partial charge in [-0.2, -0.15) is 0 Å². The number of amides is 1. The molecular formula is C15H22N2O4. The van der Waals surface area contributed by atoms with E-state index in [1.54, 1.807) is 23.1 Å². The summed E-state index contributed by atoms with van der Waals surface area (Å²) in [5.41, 5.74) is 6.80. The van der Waals surface area contributed by atoms with Crippen LogP contribution < -0.4 is 10.5 Å². The number of nitrogens with zero attached hydrogens (tertiary/aromatic N) is 1. The third-order valence-electron chi connectivity index (χ3n) is 3.53. The van der Waals surface area contributed by atoms with Gasteiger partial charge < -0.3 is 25.2 Å². The van der Waals surface area contributed by atoms with Crippen LogP contribution in [-0.4, -0.2) is 54.4 Å². The van der Waals surface area contributed by atoms with Crippen molar-refractivity contribution in [2.24, 2.45) is 0 Å². The molecule has 1 fully saturated rings. The zero-order valence-electron chi connectivity index (χ0n) is 12.4. The number of aliphatic hydroxyl groups is 1. The van der Waals surface area contributed by atoms with Gasteiger partial charge in [0, 0.05) is 6.54 Å².